The molecule has 0 aliphatic rings. The molecule has 37 heavy (non-hydrogen) atoms. The topological polar surface area (TPSA) is 0 Å². The van der Waals surface area contributed by atoms with Gasteiger partial charge in [0.05, 0.1) is 9.79 Å². The first-order valence-electron chi connectivity index (χ1n) is 8.88. The van der Waals surface area contributed by atoms with Crippen LogP contribution in [0.3, 0.4) is 0 Å². The molecule has 3 rings (SSSR count). The van der Waals surface area contributed by atoms with Crippen LogP contribution >= 0.6 is 41.1 Å². The SMILES string of the molecule is FS(F)(F)(F)(Cl)c1ccccc1.FS(F)(F)(F)(F)c1ccccc1.FS(F)(F)c1ccccc1.[F][Zn][F]. The second-order valence-corrected chi connectivity index (χ2v) is 14.8. The molecule has 0 aromatic heterocycles. The van der Waals surface area contributed by atoms with Crippen LogP contribution in [0.1, 0.15) is 0 Å². The van der Waals surface area contributed by atoms with Crippen molar-refractivity contribution in [2.24, 2.45) is 0 Å². The molecule has 0 spiro atoms. The molecule has 0 radical (unpaired) electrons. The summed E-state index contributed by atoms with van der Waals surface area (Å²) in [5, 5.41) is 0. The molecule has 0 bridgehead atoms. The van der Waals surface area contributed by atoms with Crippen molar-refractivity contribution in [3.63, 3.8) is 0 Å². The molecule has 0 saturated carbocycles. The monoisotopic (exact) mass is 692 g/mol. The van der Waals surface area contributed by atoms with E-state index in [4.69, 9.17) is 0 Å². The van der Waals surface area contributed by atoms with Gasteiger partial charge in [-0.1, -0.05) is 74.0 Å². The Labute approximate surface area is 217 Å². The second-order valence-electron chi connectivity index (χ2n) is 6.38. The van der Waals surface area contributed by atoms with Gasteiger partial charge in [-0.2, -0.15) is 0 Å². The summed E-state index contributed by atoms with van der Waals surface area (Å²) in [5.41, 5.74) is 0. The standard InChI is InChI=1S/C6H5ClF4S.C6H5F5S.C6H5F3S.2FH.Zn/c2*7-12(8,9,10,11)6-4-2-1-3-5-6;7-10(8,9)6-4-2-1-3-5-6;;;/h2*1-5H;1-5H;2*1H;/q;;;;;+2/p-2. The molecule has 0 aliphatic heterocycles. The van der Waals surface area contributed by atoms with Crippen LogP contribution in [0.2, 0.25) is 0 Å². The molecule has 0 unspecified atom stereocenters. The summed E-state index contributed by atoms with van der Waals surface area (Å²) in [7, 11) is -13.9. The van der Waals surface area contributed by atoms with Gasteiger partial charge in [0.15, 0.2) is 0 Å². The zero-order valence-corrected chi connectivity index (χ0v) is 23.9. The van der Waals surface area contributed by atoms with E-state index in [0.29, 0.717) is 24.3 Å². The third-order valence-corrected chi connectivity index (χ3v) is 7.06. The van der Waals surface area contributed by atoms with E-state index in [1.807, 2.05) is 0 Å². The fourth-order valence-electron chi connectivity index (χ4n) is 1.93. The average molecular weight is 694 g/mol. The normalized spacial score (nSPS) is 15.5. The van der Waals surface area contributed by atoms with Gasteiger partial charge in [-0.3, -0.25) is 0 Å². The minimum absolute atomic E-state index is 0.363. The zero-order valence-electron chi connectivity index (χ0n) is 17.8. The van der Waals surface area contributed by atoms with Crippen molar-refractivity contribution in [1.29, 1.82) is 0 Å². The molecule has 0 N–H and O–H groups in total. The zero-order chi connectivity index (χ0) is 29.4. The molecule has 0 aliphatic carbocycles. The quantitative estimate of drug-likeness (QED) is 0.189. The van der Waals surface area contributed by atoms with Crippen LogP contribution in [-0.2, 0) is 18.1 Å². The third kappa shape index (κ3) is 15.6. The molecule has 0 saturated heterocycles. The molecule has 3 aromatic rings. The maximum absolute atomic E-state index is 12.4. The molecular formula is C18H15ClF14S3Zn. The predicted octanol–water partition coefficient (Wildman–Crippen LogP) is 13.3. The summed E-state index contributed by atoms with van der Waals surface area (Å²) >= 11 is -7.88. The van der Waals surface area contributed by atoms with Gasteiger partial charge in [0.1, 0.15) is 4.90 Å². The number of benzene rings is 3. The van der Waals surface area contributed by atoms with Crippen molar-refractivity contribution in [2.75, 3.05) is 0 Å². The average Bonchev–Trinajstić information content (AvgIpc) is 2.74. The summed E-state index contributed by atoms with van der Waals surface area (Å²) in [4.78, 5) is -3.79. The fourth-order valence-corrected chi connectivity index (χ4v) is 4.05. The van der Waals surface area contributed by atoms with Crippen LogP contribution in [0, 0.1) is 0 Å². The Morgan fingerprint density at radius 3 is 0.946 bits per heavy atom. The first kappa shape index (κ1) is 35.6. The van der Waals surface area contributed by atoms with Crippen LogP contribution in [0.4, 0.5) is 53.3 Å². The second kappa shape index (κ2) is 11.0. The molecule has 0 heterocycles. The van der Waals surface area contributed by atoms with E-state index < -0.39 is 63.3 Å². The van der Waals surface area contributed by atoms with Crippen molar-refractivity contribution in [3.8, 4) is 0 Å². The van der Waals surface area contributed by atoms with E-state index in [-0.39, 0.29) is 0 Å². The third-order valence-electron chi connectivity index (χ3n) is 3.39. The molecule has 0 amide bonds. The van der Waals surface area contributed by atoms with Crippen molar-refractivity contribution < 1.29 is 71.4 Å². The Morgan fingerprint density at radius 1 is 0.514 bits per heavy atom. The first-order valence-corrected chi connectivity index (χ1v) is 17.3. The number of hydrogen-bond donors (Lipinski definition) is 0. The number of rotatable bonds is 3. The van der Waals surface area contributed by atoms with Gasteiger partial charge >= 0.3 is 35.0 Å². The van der Waals surface area contributed by atoms with Gasteiger partial charge in [-0.25, -0.2) is 0 Å². The van der Waals surface area contributed by atoms with Crippen molar-refractivity contribution in [2.45, 2.75) is 14.7 Å². The van der Waals surface area contributed by atoms with Crippen LogP contribution in [-0.4, -0.2) is 0 Å². The van der Waals surface area contributed by atoms with Gasteiger partial charge in [-0.05, 0) is 36.4 Å². The van der Waals surface area contributed by atoms with Gasteiger partial charge in [-0.15, -0.1) is 27.2 Å². The summed E-state index contributed by atoms with van der Waals surface area (Å²) in [5.74, 6) is 0. The van der Waals surface area contributed by atoms with Crippen LogP contribution in [0.25, 0.3) is 0 Å². The summed E-state index contributed by atoms with van der Waals surface area (Å²) in [6, 6.07) is 15.0. The van der Waals surface area contributed by atoms with Gasteiger partial charge in [0, 0.05) is 10.7 Å². The van der Waals surface area contributed by atoms with Crippen molar-refractivity contribution in [3.05, 3.63) is 91.0 Å². The predicted molar refractivity (Wildman–Crippen MR) is 118 cm³/mol. The van der Waals surface area contributed by atoms with Crippen LogP contribution in [0.15, 0.2) is 106 Å². The number of halogens is 15. The summed E-state index contributed by atoms with van der Waals surface area (Å²) < 4.78 is 164. The Bertz CT molecular complexity index is 1030. The summed E-state index contributed by atoms with van der Waals surface area (Å²) in [6.07, 6.45) is 0. The van der Waals surface area contributed by atoms with E-state index >= 15 is 0 Å². The Hall–Kier alpha value is -1.36. The van der Waals surface area contributed by atoms with Crippen LogP contribution < -0.4 is 0 Å². The molecule has 212 valence electrons. The van der Waals surface area contributed by atoms with E-state index in [2.05, 4.69) is 10.7 Å². The molecular weight excluding hydrogens is 679 g/mol. The maximum atomic E-state index is 12.4. The van der Waals surface area contributed by atoms with Gasteiger partial charge in [0.25, 0.3) is 9.05 Å². The van der Waals surface area contributed by atoms with E-state index in [9.17, 15) is 53.3 Å². The molecule has 0 fully saturated rings. The van der Waals surface area contributed by atoms with Gasteiger partial charge < -0.3 is 0 Å². The van der Waals surface area contributed by atoms with Gasteiger partial charge in [0.2, 0.25) is 11.2 Å². The first-order chi connectivity index (χ1) is 16.2. The molecule has 19 heteroatoms. The molecule has 3 aromatic carbocycles. The number of hydrogen-bond acceptors (Lipinski definition) is 0. The van der Waals surface area contributed by atoms with E-state index in [1.165, 1.54) is 24.3 Å². The molecule has 0 nitrogen and oxygen atoms in total. The van der Waals surface area contributed by atoms with Crippen LogP contribution in [0.5, 0.6) is 0 Å². The van der Waals surface area contributed by atoms with E-state index in [0.717, 1.165) is 36.4 Å². The van der Waals surface area contributed by atoms with Crippen molar-refractivity contribution in [1.82, 2.24) is 0 Å². The Morgan fingerprint density at radius 2 is 0.784 bits per heavy atom. The minimum atomic E-state index is -9.43. The van der Waals surface area contributed by atoms with Crippen molar-refractivity contribution >= 4 is 41.1 Å². The summed E-state index contributed by atoms with van der Waals surface area (Å²) in [6.45, 7) is 0. The Balaban J connectivity index is 0.000000500. The Kier molecular flexibility index (Phi) is 10.6. The molecule has 0 atom stereocenters. The van der Waals surface area contributed by atoms with E-state index in [1.54, 1.807) is 6.07 Å². The fraction of sp³-hybridized carbons (Fsp3) is 0.